The largest absolute Gasteiger partial charge is 0.409 e. The molecule has 21 heavy (non-hydrogen) atoms. The molecular formula is C15H30N4O2. The first-order chi connectivity index (χ1) is 9.91. The predicted octanol–water partition coefficient (Wildman–Crippen LogP) is 1.39. The minimum Gasteiger partial charge on any atom is -0.409 e. The SMILES string of the molecule is CCC(CC)(C(=O)NCC1CCN(C(C)C)C1)C(N)=NO. The Morgan fingerprint density at radius 2 is 2.10 bits per heavy atom. The number of nitrogens with one attached hydrogen (secondary N) is 1. The number of amidine groups is 1. The number of oxime groups is 1. The highest BCUT2D eigenvalue weighted by Gasteiger charge is 2.40. The lowest BCUT2D eigenvalue weighted by molar-refractivity contribution is -0.128. The van der Waals surface area contributed by atoms with Crippen LogP contribution in [0.3, 0.4) is 0 Å². The highest BCUT2D eigenvalue weighted by atomic mass is 16.4. The van der Waals surface area contributed by atoms with Gasteiger partial charge in [0, 0.05) is 19.1 Å². The highest BCUT2D eigenvalue weighted by Crippen LogP contribution is 2.27. The van der Waals surface area contributed by atoms with Gasteiger partial charge in [0.25, 0.3) is 0 Å². The topological polar surface area (TPSA) is 91.0 Å². The first-order valence-electron chi connectivity index (χ1n) is 7.91. The van der Waals surface area contributed by atoms with Crippen LogP contribution in [0.1, 0.15) is 47.0 Å². The fraction of sp³-hybridized carbons (Fsp3) is 0.867. The van der Waals surface area contributed by atoms with Crippen LogP contribution in [0.2, 0.25) is 0 Å². The fourth-order valence-corrected chi connectivity index (χ4v) is 3.05. The summed E-state index contributed by atoms with van der Waals surface area (Å²) >= 11 is 0. The van der Waals surface area contributed by atoms with Crippen LogP contribution in [-0.2, 0) is 4.79 Å². The Morgan fingerprint density at radius 1 is 1.48 bits per heavy atom. The van der Waals surface area contributed by atoms with Gasteiger partial charge >= 0.3 is 0 Å². The van der Waals surface area contributed by atoms with E-state index >= 15 is 0 Å². The monoisotopic (exact) mass is 298 g/mol. The number of hydrogen-bond acceptors (Lipinski definition) is 4. The van der Waals surface area contributed by atoms with Crippen LogP contribution in [0.15, 0.2) is 5.16 Å². The summed E-state index contributed by atoms with van der Waals surface area (Å²) in [7, 11) is 0. The van der Waals surface area contributed by atoms with E-state index in [4.69, 9.17) is 10.9 Å². The molecule has 6 heteroatoms. The Kier molecular flexibility index (Phi) is 6.45. The Hall–Kier alpha value is -1.30. The van der Waals surface area contributed by atoms with E-state index in [1.807, 2.05) is 13.8 Å². The molecule has 0 saturated carbocycles. The zero-order chi connectivity index (χ0) is 16.0. The van der Waals surface area contributed by atoms with Crippen molar-refractivity contribution < 1.29 is 10.0 Å². The molecule has 122 valence electrons. The lowest BCUT2D eigenvalue weighted by Crippen LogP contribution is -2.50. The molecule has 6 nitrogen and oxygen atoms in total. The second-order valence-corrected chi connectivity index (χ2v) is 6.23. The second-order valence-electron chi connectivity index (χ2n) is 6.23. The van der Waals surface area contributed by atoms with E-state index in [2.05, 4.69) is 29.2 Å². The Morgan fingerprint density at radius 3 is 2.52 bits per heavy atom. The van der Waals surface area contributed by atoms with Gasteiger partial charge in [0.2, 0.25) is 5.91 Å². The van der Waals surface area contributed by atoms with E-state index in [-0.39, 0.29) is 11.7 Å². The lowest BCUT2D eigenvalue weighted by Gasteiger charge is -2.29. The summed E-state index contributed by atoms with van der Waals surface area (Å²) in [5.74, 6) is 0.348. The van der Waals surface area contributed by atoms with Crippen molar-refractivity contribution in [3.05, 3.63) is 0 Å². The number of likely N-dealkylation sites (tertiary alicyclic amines) is 1. The van der Waals surface area contributed by atoms with E-state index in [9.17, 15) is 4.79 Å². The van der Waals surface area contributed by atoms with Gasteiger partial charge in [0.15, 0.2) is 5.84 Å². The summed E-state index contributed by atoms with van der Waals surface area (Å²) in [4.78, 5) is 14.9. The van der Waals surface area contributed by atoms with Gasteiger partial charge in [-0.3, -0.25) is 4.79 Å². The average Bonchev–Trinajstić information content (AvgIpc) is 2.95. The molecule has 1 unspecified atom stereocenters. The normalized spacial score (nSPS) is 21.0. The van der Waals surface area contributed by atoms with Crippen molar-refractivity contribution >= 4 is 11.7 Å². The van der Waals surface area contributed by atoms with Gasteiger partial charge in [-0.1, -0.05) is 19.0 Å². The second kappa shape index (κ2) is 7.64. The molecule has 1 aliphatic rings. The molecular weight excluding hydrogens is 268 g/mol. The fourth-order valence-electron chi connectivity index (χ4n) is 3.05. The maximum atomic E-state index is 12.5. The van der Waals surface area contributed by atoms with Gasteiger partial charge in [0.1, 0.15) is 5.41 Å². The Bertz CT molecular complexity index is 378. The average molecular weight is 298 g/mol. The van der Waals surface area contributed by atoms with E-state index in [1.165, 1.54) is 0 Å². The first kappa shape index (κ1) is 17.8. The van der Waals surface area contributed by atoms with Crippen molar-refractivity contribution in [1.29, 1.82) is 0 Å². The number of rotatable bonds is 7. The number of amides is 1. The molecule has 1 atom stereocenters. The quantitative estimate of drug-likeness (QED) is 0.287. The summed E-state index contributed by atoms with van der Waals surface area (Å²) in [6.07, 6.45) is 2.15. The summed E-state index contributed by atoms with van der Waals surface area (Å²) in [5.41, 5.74) is 4.85. The van der Waals surface area contributed by atoms with Crippen LogP contribution in [0.25, 0.3) is 0 Å². The molecule has 0 aromatic carbocycles. The van der Waals surface area contributed by atoms with Gasteiger partial charge in [-0.25, -0.2) is 0 Å². The molecule has 0 aromatic rings. The summed E-state index contributed by atoms with van der Waals surface area (Å²) in [6, 6.07) is 0.549. The molecule has 0 aromatic heterocycles. The Balaban J connectivity index is 2.60. The molecule has 0 bridgehead atoms. The van der Waals surface area contributed by atoms with E-state index in [1.54, 1.807) is 0 Å². The molecule has 1 heterocycles. The van der Waals surface area contributed by atoms with Gasteiger partial charge < -0.3 is 21.2 Å². The number of nitrogens with two attached hydrogens (primary N) is 1. The smallest absolute Gasteiger partial charge is 0.233 e. The van der Waals surface area contributed by atoms with Crippen LogP contribution in [0.4, 0.5) is 0 Å². The van der Waals surface area contributed by atoms with E-state index < -0.39 is 5.41 Å². The molecule has 1 saturated heterocycles. The molecule has 0 radical (unpaired) electrons. The van der Waals surface area contributed by atoms with Crippen molar-refractivity contribution in [3.8, 4) is 0 Å². The minimum atomic E-state index is -0.898. The predicted molar refractivity (Wildman–Crippen MR) is 84.2 cm³/mol. The third-order valence-electron chi connectivity index (χ3n) is 4.84. The maximum Gasteiger partial charge on any atom is 0.233 e. The van der Waals surface area contributed by atoms with Crippen LogP contribution in [-0.4, -0.2) is 47.5 Å². The van der Waals surface area contributed by atoms with Gasteiger partial charge in [0.05, 0.1) is 0 Å². The molecule has 0 spiro atoms. The number of nitrogens with zero attached hydrogens (tertiary/aromatic N) is 2. The molecule has 1 aliphatic heterocycles. The molecule has 1 rings (SSSR count). The zero-order valence-corrected chi connectivity index (χ0v) is 13.7. The maximum absolute atomic E-state index is 12.5. The number of hydrogen-bond donors (Lipinski definition) is 3. The standard InChI is InChI=1S/C15H30N4O2/c1-5-15(6-2,13(16)18-21)14(20)17-9-12-7-8-19(10-12)11(3)4/h11-12,21H,5-10H2,1-4H3,(H2,16,18)(H,17,20). The van der Waals surface area contributed by atoms with Gasteiger partial charge in [-0.05, 0) is 45.6 Å². The summed E-state index contributed by atoms with van der Waals surface area (Å²) in [6.45, 7) is 10.9. The summed E-state index contributed by atoms with van der Waals surface area (Å²) < 4.78 is 0. The molecule has 1 fully saturated rings. The molecule has 4 N–H and O–H groups in total. The number of carbonyl (C=O) groups is 1. The molecule has 0 aliphatic carbocycles. The van der Waals surface area contributed by atoms with Crippen molar-refractivity contribution in [3.63, 3.8) is 0 Å². The highest BCUT2D eigenvalue weighted by molar-refractivity contribution is 6.06. The zero-order valence-electron chi connectivity index (χ0n) is 13.7. The van der Waals surface area contributed by atoms with Crippen LogP contribution in [0, 0.1) is 11.3 Å². The van der Waals surface area contributed by atoms with E-state index in [0.29, 0.717) is 31.3 Å². The lowest BCUT2D eigenvalue weighted by atomic mass is 9.80. The van der Waals surface area contributed by atoms with Crippen molar-refractivity contribution in [2.24, 2.45) is 22.2 Å². The van der Waals surface area contributed by atoms with E-state index in [0.717, 1.165) is 19.5 Å². The van der Waals surface area contributed by atoms with Crippen LogP contribution < -0.4 is 11.1 Å². The van der Waals surface area contributed by atoms with Crippen LogP contribution >= 0.6 is 0 Å². The van der Waals surface area contributed by atoms with Gasteiger partial charge in [-0.2, -0.15) is 0 Å². The molecule has 1 amide bonds. The van der Waals surface area contributed by atoms with Crippen molar-refractivity contribution in [1.82, 2.24) is 10.2 Å². The third-order valence-corrected chi connectivity index (χ3v) is 4.84. The van der Waals surface area contributed by atoms with Gasteiger partial charge in [-0.15, -0.1) is 0 Å². The van der Waals surface area contributed by atoms with Crippen LogP contribution in [0.5, 0.6) is 0 Å². The van der Waals surface area contributed by atoms with Crippen molar-refractivity contribution in [2.75, 3.05) is 19.6 Å². The minimum absolute atomic E-state index is 0.000212. The number of carbonyl (C=O) groups excluding carboxylic acids is 1. The third kappa shape index (κ3) is 3.87. The first-order valence-corrected chi connectivity index (χ1v) is 7.91. The summed E-state index contributed by atoms with van der Waals surface area (Å²) in [5, 5.41) is 15.0. The Labute approximate surface area is 127 Å². The van der Waals surface area contributed by atoms with Crippen molar-refractivity contribution in [2.45, 2.75) is 53.0 Å².